The summed E-state index contributed by atoms with van der Waals surface area (Å²) in [4.78, 5) is 4.65. The number of hydrogen-bond acceptors (Lipinski definition) is 3. The quantitative estimate of drug-likeness (QED) is 0.632. The molecule has 1 aliphatic carbocycles. The van der Waals surface area contributed by atoms with Gasteiger partial charge in [0.05, 0.1) is 0 Å². The fourth-order valence-electron chi connectivity index (χ4n) is 3.66. The average Bonchev–Trinajstić information content (AvgIpc) is 3.05. The minimum atomic E-state index is 0.481. The van der Waals surface area contributed by atoms with Crippen LogP contribution in [-0.4, -0.2) is 10.1 Å². The van der Waals surface area contributed by atoms with E-state index in [1.165, 1.54) is 56.9 Å². The molecule has 0 amide bonds. The Hall–Kier alpha value is -1.64. The van der Waals surface area contributed by atoms with Crippen molar-refractivity contribution in [1.29, 1.82) is 0 Å². The summed E-state index contributed by atoms with van der Waals surface area (Å²) >= 11 is 0. The lowest BCUT2D eigenvalue weighted by molar-refractivity contribution is 0.259. The molecule has 124 valence electrons. The van der Waals surface area contributed by atoms with Crippen LogP contribution in [0.1, 0.15) is 81.5 Å². The van der Waals surface area contributed by atoms with Crippen molar-refractivity contribution in [2.45, 2.75) is 70.6 Å². The standard InChI is InChI=1S/C20H28N2O/c1-2-3-5-8-16-11-13-18(14-12-16)20-21-19(22-23-20)15-17-9-6-4-7-10-17/h4,6-7,9-10,16,18H,2-3,5,8,11-15H2,1H3. The van der Waals surface area contributed by atoms with E-state index in [9.17, 15) is 0 Å². The van der Waals surface area contributed by atoms with E-state index in [0.717, 1.165) is 24.1 Å². The Kier molecular flexibility index (Phi) is 5.84. The first-order valence-electron chi connectivity index (χ1n) is 9.21. The second-order valence-electron chi connectivity index (χ2n) is 6.92. The van der Waals surface area contributed by atoms with E-state index < -0.39 is 0 Å². The maximum Gasteiger partial charge on any atom is 0.229 e. The average molecular weight is 312 g/mol. The van der Waals surface area contributed by atoms with E-state index in [2.05, 4.69) is 41.3 Å². The van der Waals surface area contributed by atoms with E-state index >= 15 is 0 Å². The highest BCUT2D eigenvalue weighted by Gasteiger charge is 2.26. The van der Waals surface area contributed by atoms with Gasteiger partial charge in [-0.3, -0.25) is 0 Å². The topological polar surface area (TPSA) is 38.9 Å². The number of aromatic nitrogens is 2. The molecule has 23 heavy (non-hydrogen) atoms. The first-order valence-corrected chi connectivity index (χ1v) is 9.21. The van der Waals surface area contributed by atoms with Crippen LogP contribution in [0.3, 0.4) is 0 Å². The van der Waals surface area contributed by atoms with Crippen molar-refractivity contribution < 1.29 is 4.52 Å². The molecule has 1 heterocycles. The molecule has 1 aromatic heterocycles. The summed E-state index contributed by atoms with van der Waals surface area (Å²) in [6, 6.07) is 10.4. The molecule has 1 saturated carbocycles. The third kappa shape index (κ3) is 4.66. The van der Waals surface area contributed by atoms with Crippen molar-refractivity contribution in [3.63, 3.8) is 0 Å². The van der Waals surface area contributed by atoms with Gasteiger partial charge in [0.1, 0.15) is 0 Å². The van der Waals surface area contributed by atoms with Crippen LogP contribution in [0.25, 0.3) is 0 Å². The number of nitrogens with zero attached hydrogens (tertiary/aromatic N) is 2. The molecule has 0 atom stereocenters. The van der Waals surface area contributed by atoms with Gasteiger partial charge in [0.15, 0.2) is 5.82 Å². The fraction of sp³-hybridized carbons (Fsp3) is 0.600. The Morgan fingerprint density at radius 1 is 1.04 bits per heavy atom. The zero-order chi connectivity index (χ0) is 15.9. The summed E-state index contributed by atoms with van der Waals surface area (Å²) in [5.41, 5.74) is 1.24. The maximum absolute atomic E-state index is 5.55. The zero-order valence-electron chi connectivity index (χ0n) is 14.2. The van der Waals surface area contributed by atoms with Gasteiger partial charge in [-0.1, -0.05) is 68.1 Å². The minimum absolute atomic E-state index is 0.481. The lowest BCUT2D eigenvalue weighted by Gasteiger charge is -2.26. The number of rotatable bonds is 7. The third-order valence-electron chi connectivity index (χ3n) is 5.10. The molecular weight excluding hydrogens is 284 g/mol. The van der Waals surface area contributed by atoms with Crippen molar-refractivity contribution in [2.75, 3.05) is 0 Å². The summed E-state index contributed by atoms with van der Waals surface area (Å²) in [6.45, 7) is 2.28. The summed E-state index contributed by atoms with van der Waals surface area (Å²) in [5, 5.41) is 4.18. The monoisotopic (exact) mass is 312 g/mol. The van der Waals surface area contributed by atoms with Gasteiger partial charge in [-0.15, -0.1) is 0 Å². The lowest BCUT2D eigenvalue weighted by atomic mass is 9.79. The van der Waals surface area contributed by atoms with Crippen LogP contribution in [0.4, 0.5) is 0 Å². The zero-order valence-corrected chi connectivity index (χ0v) is 14.2. The van der Waals surface area contributed by atoms with E-state index in [4.69, 9.17) is 4.52 Å². The summed E-state index contributed by atoms with van der Waals surface area (Å²) in [5.74, 6) is 3.08. The summed E-state index contributed by atoms with van der Waals surface area (Å²) < 4.78 is 5.55. The van der Waals surface area contributed by atoms with Gasteiger partial charge in [-0.2, -0.15) is 4.98 Å². The molecule has 1 aromatic carbocycles. The molecule has 0 unspecified atom stereocenters. The SMILES string of the molecule is CCCCCC1CCC(c2nc(Cc3ccccc3)no2)CC1. The highest BCUT2D eigenvalue weighted by atomic mass is 16.5. The van der Waals surface area contributed by atoms with Gasteiger partial charge in [-0.05, 0) is 37.2 Å². The predicted octanol–water partition coefficient (Wildman–Crippen LogP) is 5.51. The van der Waals surface area contributed by atoms with Crippen molar-refractivity contribution in [1.82, 2.24) is 10.1 Å². The summed E-state index contributed by atoms with van der Waals surface area (Å²) in [6.07, 6.45) is 11.3. The van der Waals surface area contributed by atoms with Gasteiger partial charge in [0.25, 0.3) is 0 Å². The van der Waals surface area contributed by atoms with Gasteiger partial charge in [-0.25, -0.2) is 0 Å². The normalized spacial score (nSPS) is 21.4. The molecule has 0 radical (unpaired) electrons. The van der Waals surface area contributed by atoms with Crippen LogP contribution < -0.4 is 0 Å². The van der Waals surface area contributed by atoms with Gasteiger partial charge < -0.3 is 4.52 Å². The number of benzene rings is 1. The second-order valence-corrected chi connectivity index (χ2v) is 6.92. The van der Waals surface area contributed by atoms with Crippen molar-refractivity contribution in [2.24, 2.45) is 5.92 Å². The minimum Gasteiger partial charge on any atom is -0.339 e. The van der Waals surface area contributed by atoms with E-state index in [0.29, 0.717) is 5.92 Å². The molecule has 0 bridgehead atoms. The molecular formula is C20H28N2O. The Morgan fingerprint density at radius 3 is 2.57 bits per heavy atom. The number of unbranched alkanes of at least 4 members (excludes halogenated alkanes) is 2. The van der Waals surface area contributed by atoms with E-state index in [-0.39, 0.29) is 0 Å². The molecule has 0 N–H and O–H groups in total. The van der Waals surface area contributed by atoms with Crippen molar-refractivity contribution in [3.8, 4) is 0 Å². The van der Waals surface area contributed by atoms with E-state index in [1.807, 2.05) is 6.07 Å². The molecule has 0 saturated heterocycles. The smallest absolute Gasteiger partial charge is 0.229 e. The highest BCUT2D eigenvalue weighted by Crippen LogP contribution is 2.37. The first-order chi connectivity index (χ1) is 11.3. The second kappa shape index (κ2) is 8.28. The molecule has 3 heteroatoms. The van der Waals surface area contributed by atoms with Crippen LogP contribution in [0.5, 0.6) is 0 Å². The molecule has 3 rings (SSSR count). The Bertz CT molecular complexity index is 570. The van der Waals surface area contributed by atoms with Crippen LogP contribution in [0.2, 0.25) is 0 Å². The summed E-state index contributed by atoms with van der Waals surface area (Å²) in [7, 11) is 0. The number of hydrogen-bond donors (Lipinski definition) is 0. The van der Waals surface area contributed by atoms with Crippen LogP contribution in [0, 0.1) is 5.92 Å². The molecule has 0 spiro atoms. The Balaban J connectivity index is 1.49. The maximum atomic E-state index is 5.55. The fourth-order valence-corrected chi connectivity index (χ4v) is 3.66. The molecule has 0 aliphatic heterocycles. The molecule has 1 fully saturated rings. The molecule has 1 aliphatic rings. The first kappa shape index (κ1) is 16.2. The van der Waals surface area contributed by atoms with Crippen molar-refractivity contribution in [3.05, 3.63) is 47.6 Å². The predicted molar refractivity (Wildman–Crippen MR) is 92.4 cm³/mol. The van der Waals surface area contributed by atoms with Gasteiger partial charge in [0, 0.05) is 12.3 Å². The van der Waals surface area contributed by atoms with Gasteiger partial charge in [0.2, 0.25) is 5.89 Å². The van der Waals surface area contributed by atoms with Gasteiger partial charge >= 0.3 is 0 Å². The molecule has 3 nitrogen and oxygen atoms in total. The lowest BCUT2D eigenvalue weighted by Crippen LogP contribution is -2.13. The van der Waals surface area contributed by atoms with Crippen molar-refractivity contribution >= 4 is 0 Å². The molecule has 2 aromatic rings. The van der Waals surface area contributed by atoms with Crippen LogP contribution in [-0.2, 0) is 6.42 Å². The largest absolute Gasteiger partial charge is 0.339 e. The van der Waals surface area contributed by atoms with E-state index in [1.54, 1.807) is 0 Å². The van der Waals surface area contributed by atoms with Crippen LogP contribution in [0.15, 0.2) is 34.9 Å². The third-order valence-corrected chi connectivity index (χ3v) is 5.10. The highest BCUT2D eigenvalue weighted by molar-refractivity contribution is 5.18. The Labute approximate surface area is 139 Å². The van der Waals surface area contributed by atoms with Crippen LogP contribution >= 0.6 is 0 Å². The Morgan fingerprint density at radius 2 is 1.83 bits per heavy atom.